The summed E-state index contributed by atoms with van der Waals surface area (Å²) in [4.78, 5) is 19.5. The second-order valence-electron chi connectivity index (χ2n) is 7.71. The highest BCUT2D eigenvalue weighted by atomic mass is 16.1. The van der Waals surface area contributed by atoms with Gasteiger partial charge < -0.3 is 5.32 Å². The van der Waals surface area contributed by atoms with Crippen LogP contribution < -0.4 is 5.32 Å². The molecular weight excluding hydrogens is 346 g/mol. The number of amides is 1. The van der Waals surface area contributed by atoms with Gasteiger partial charge in [0.2, 0.25) is 5.91 Å². The van der Waals surface area contributed by atoms with Crippen molar-refractivity contribution in [1.29, 1.82) is 0 Å². The molecule has 1 amide bonds. The van der Waals surface area contributed by atoms with Gasteiger partial charge in [-0.25, -0.2) is 4.98 Å². The van der Waals surface area contributed by atoms with Crippen LogP contribution in [0.3, 0.4) is 0 Å². The maximum atomic E-state index is 12.7. The molecule has 3 aromatic rings. The summed E-state index contributed by atoms with van der Waals surface area (Å²) >= 11 is 0. The zero-order valence-electron chi connectivity index (χ0n) is 16.6. The molecule has 0 saturated carbocycles. The van der Waals surface area contributed by atoms with Crippen molar-refractivity contribution in [3.8, 4) is 0 Å². The number of hydrogen-bond donors (Lipinski definition) is 1. The summed E-state index contributed by atoms with van der Waals surface area (Å²) in [6.07, 6.45) is 3.48. The average molecular weight is 374 g/mol. The number of carbonyl (C=O) groups is 1. The van der Waals surface area contributed by atoms with E-state index in [1.807, 2.05) is 19.1 Å². The molecule has 4 heteroatoms. The number of anilines is 1. The van der Waals surface area contributed by atoms with Crippen LogP contribution in [-0.2, 0) is 4.79 Å². The predicted molar refractivity (Wildman–Crippen MR) is 114 cm³/mol. The van der Waals surface area contributed by atoms with Gasteiger partial charge >= 0.3 is 0 Å². The molecule has 1 aromatic heterocycles. The normalized spacial score (nSPS) is 16.8. The Balaban J connectivity index is 1.41. The van der Waals surface area contributed by atoms with Crippen molar-refractivity contribution in [2.45, 2.75) is 32.7 Å². The number of likely N-dealkylation sites (tertiary alicyclic amines) is 1. The quantitative estimate of drug-likeness (QED) is 0.703. The molecule has 1 aliphatic heterocycles. The van der Waals surface area contributed by atoms with Gasteiger partial charge in [0, 0.05) is 18.2 Å². The number of aryl methyl sites for hydroxylation is 1. The Kier molecular flexibility index (Phi) is 5.40. The average Bonchev–Trinajstić information content (AvgIpc) is 2.74. The highest BCUT2D eigenvalue weighted by molar-refractivity contribution is 5.92. The number of nitrogens with zero attached hydrogens (tertiary/aromatic N) is 2. The second kappa shape index (κ2) is 8.11. The number of aromatic nitrogens is 1. The minimum Gasteiger partial charge on any atom is -0.310 e. The van der Waals surface area contributed by atoms with Gasteiger partial charge in [0.15, 0.2) is 0 Å². The zero-order valence-corrected chi connectivity index (χ0v) is 16.6. The third-order valence-electron chi connectivity index (χ3n) is 5.97. The van der Waals surface area contributed by atoms with E-state index in [2.05, 4.69) is 64.6 Å². The Hall–Kier alpha value is -2.72. The summed E-state index contributed by atoms with van der Waals surface area (Å²) in [5, 5.41) is 5.62. The minimum atomic E-state index is 0.0531. The zero-order chi connectivity index (χ0) is 19.5. The smallest absolute Gasteiger partial charge is 0.228 e. The molecule has 4 rings (SSSR count). The van der Waals surface area contributed by atoms with Gasteiger partial charge in [-0.2, -0.15) is 0 Å². The number of nitrogens with one attached hydrogen (secondary N) is 1. The van der Waals surface area contributed by atoms with Crippen molar-refractivity contribution in [3.05, 3.63) is 71.9 Å². The van der Waals surface area contributed by atoms with E-state index in [1.54, 1.807) is 6.20 Å². The number of carbonyl (C=O) groups excluding carboxylic acids is 1. The summed E-state index contributed by atoms with van der Waals surface area (Å²) in [7, 11) is 0. The molecule has 1 N–H and O–H groups in total. The van der Waals surface area contributed by atoms with Crippen molar-refractivity contribution in [1.82, 2.24) is 9.88 Å². The Morgan fingerprint density at radius 3 is 2.61 bits per heavy atom. The molecule has 1 fully saturated rings. The van der Waals surface area contributed by atoms with Gasteiger partial charge in [0.05, 0.1) is 0 Å². The number of hydrogen-bond acceptors (Lipinski definition) is 3. The van der Waals surface area contributed by atoms with Gasteiger partial charge in [-0.05, 0) is 67.7 Å². The molecular formula is C24H27N3O. The van der Waals surface area contributed by atoms with Gasteiger partial charge in [0.25, 0.3) is 0 Å². The Bertz CT molecular complexity index is 971. The lowest BCUT2D eigenvalue weighted by atomic mass is 9.92. The molecule has 1 aliphatic rings. The fourth-order valence-electron chi connectivity index (χ4n) is 4.20. The molecule has 1 atom stereocenters. The molecule has 2 heterocycles. The number of benzene rings is 2. The van der Waals surface area contributed by atoms with Gasteiger partial charge in [-0.1, -0.05) is 48.5 Å². The van der Waals surface area contributed by atoms with E-state index in [9.17, 15) is 4.79 Å². The summed E-state index contributed by atoms with van der Waals surface area (Å²) in [5.41, 5.74) is 2.36. The third-order valence-corrected chi connectivity index (χ3v) is 5.97. The van der Waals surface area contributed by atoms with Crippen LogP contribution >= 0.6 is 0 Å². The lowest BCUT2D eigenvalue weighted by Crippen LogP contribution is -2.39. The fourth-order valence-corrected chi connectivity index (χ4v) is 4.20. The highest BCUT2D eigenvalue weighted by Crippen LogP contribution is 2.31. The fraction of sp³-hybridized carbons (Fsp3) is 0.333. The molecule has 0 aliphatic carbocycles. The van der Waals surface area contributed by atoms with Crippen LogP contribution in [0, 0.1) is 12.8 Å². The van der Waals surface area contributed by atoms with Gasteiger partial charge in [-0.15, -0.1) is 0 Å². The monoisotopic (exact) mass is 373 g/mol. The molecule has 1 unspecified atom stereocenters. The number of pyridine rings is 1. The molecule has 0 spiro atoms. The van der Waals surface area contributed by atoms with E-state index in [0.717, 1.165) is 31.5 Å². The Labute approximate surface area is 166 Å². The van der Waals surface area contributed by atoms with Crippen molar-refractivity contribution < 1.29 is 4.79 Å². The first-order valence-corrected chi connectivity index (χ1v) is 10.1. The molecule has 28 heavy (non-hydrogen) atoms. The lowest BCUT2D eigenvalue weighted by molar-refractivity contribution is -0.121. The lowest BCUT2D eigenvalue weighted by Gasteiger charge is -2.36. The van der Waals surface area contributed by atoms with Crippen molar-refractivity contribution in [2.24, 2.45) is 5.92 Å². The number of rotatable bonds is 4. The van der Waals surface area contributed by atoms with Gasteiger partial charge in [0.1, 0.15) is 5.82 Å². The molecule has 0 bridgehead atoms. The van der Waals surface area contributed by atoms with Gasteiger partial charge in [-0.3, -0.25) is 9.69 Å². The SMILES string of the molecule is Cc1cccnc1NC(=O)C1CCN(C(C)c2cccc3ccccc23)CC1. The van der Waals surface area contributed by atoms with E-state index >= 15 is 0 Å². The molecule has 144 valence electrons. The van der Waals surface area contributed by atoms with E-state index < -0.39 is 0 Å². The van der Waals surface area contributed by atoms with E-state index in [0.29, 0.717) is 11.9 Å². The summed E-state index contributed by atoms with van der Waals surface area (Å²) in [6, 6.07) is 19.3. The van der Waals surface area contributed by atoms with Crippen LogP contribution in [-0.4, -0.2) is 28.9 Å². The second-order valence-corrected chi connectivity index (χ2v) is 7.71. The van der Waals surface area contributed by atoms with E-state index in [-0.39, 0.29) is 11.8 Å². The molecule has 4 nitrogen and oxygen atoms in total. The Morgan fingerprint density at radius 1 is 1.07 bits per heavy atom. The van der Waals surface area contributed by atoms with Crippen molar-refractivity contribution in [2.75, 3.05) is 18.4 Å². The standard InChI is InChI=1S/C24H27N3O/c1-17-7-6-14-25-23(17)26-24(28)20-12-15-27(16-13-20)18(2)21-11-5-9-19-8-3-4-10-22(19)21/h3-11,14,18,20H,12-13,15-16H2,1-2H3,(H,25,26,28). The molecule has 0 radical (unpaired) electrons. The van der Waals surface area contributed by atoms with E-state index in [1.165, 1.54) is 16.3 Å². The number of piperidine rings is 1. The largest absolute Gasteiger partial charge is 0.310 e. The van der Waals surface area contributed by atoms with E-state index in [4.69, 9.17) is 0 Å². The van der Waals surface area contributed by atoms with Crippen LogP contribution in [0.1, 0.15) is 36.9 Å². The van der Waals surface area contributed by atoms with Crippen LogP contribution in [0.15, 0.2) is 60.8 Å². The number of fused-ring (bicyclic) bond motifs is 1. The maximum Gasteiger partial charge on any atom is 0.228 e. The molecule has 1 saturated heterocycles. The Morgan fingerprint density at radius 2 is 1.82 bits per heavy atom. The summed E-state index contributed by atoms with van der Waals surface area (Å²) in [6.45, 7) is 6.11. The predicted octanol–water partition coefficient (Wildman–Crippen LogP) is 4.95. The van der Waals surface area contributed by atoms with Crippen LogP contribution in [0.5, 0.6) is 0 Å². The van der Waals surface area contributed by atoms with Crippen LogP contribution in [0.2, 0.25) is 0 Å². The molecule has 2 aromatic carbocycles. The first-order valence-electron chi connectivity index (χ1n) is 10.1. The first kappa shape index (κ1) is 18.6. The van der Waals surface area contributed by atoms with Crippen LogP contribution in [0.25, 0.3) is 10.8 Å². The summed E-state index contributed by atoms with van der Waals surface area (Å²) in [5.74, 6) is 0.829. The highest BCUT2D eigenvalue weighted by Gasteiger charge is 2.28. The summed E-state index contributed by atoms with van der Waals surface area (Å²) < 4.78 is 0. The minimum absolute atomic E-state index is 0.0531. The maximum absolute atomic E-state index is 12.7. The topological polar surface area (TPSA) is 45.2 Å². The van der Waals surface area contributed by atoms with Crippen molar-refractivity contribution in [3.63, 3.8) is 0 Å². The van der Waals surface area contributed by atoms with Crippen LogP contribution in [0.4, 0.5) is 5.82 Å². The first-order chi connectivity index (χ1) is 13.6. The van der Waals surface area contributed by atoms with Crippen molar-refractivity contribution >= 4 is 22.5 Å². The third kappa shape index (κ3) is 3.78.